The Hall–Kier alpha value is -1.73. The molecular formula is C14H13BrN2O3S. The lowest BCUT2D eigenvalue weighted by molar-refractivity contribution is -0.124. The molecular weight excluding hydrogens is 356 g/mol. The van der Waals surface area contributed by atoms with Crippen molar-refractivity contribution in [1.82, 2.24) is 10.3 Å². The zero-order valence-electron chi connectivity index (χ0n) is 11.2. The first-order valence-electron chi connectivity index (χ1n) is 6.16. The molecule has 0 aromatic carbocycles. The number of nitrogens with one attached hydrogen (secondary N) is 1. The number of aromatic nitrogens is 1. The van der Waals surface area contributed by atoms with Crippen molar-refractivity contribution in [2.24, 2.45) is 0 Å². The maximum atomic E-state index is 11.8. The van der Waals surface area contributed by atoms with Crippen LogP contribution in [0.4, 0.5) is 0 Å². The van der Waals surface area contributed by atoms with Crippen molar-refractivity contribution in [3.8, 4) is 0 Å². The summed E-state index contributed by atoms with van der Waals surface area (Å²) in [6.07, 6.45) is 2.95. The SMILES string of the molecule is C[C@@H](NC(=O)COC(=O)c1cncc(Br)c1)c1cccs1. The largest absolute Gasteiger partial charge is 0.452 e. The van der Waals surface area contributed by atoms with Crippen molar-refractivity contribution in [1.29, 1.82) is 0 Å². The molecule has 0 radical (unpaired) electrons. The maximum absolute atomic E-state index is 11.8. The first-order chi connectivity index (χ1) is 10.1. The number of halogens is 1. The van der Waals surface area contributed by atoms with Crippen molar-refractivity contribution >= 4 is 39.1 Å². The van der Waals surface area contributed by atoms with E-state index in [1.807, 2.05) is 24.4 Å². The molecule has 110 valence electrons. The van der Waals surface area contributed by atoms with Crippen molar-refractivity contribution in [3.63, 3.8) is 0 Å². The lowest BCUT2D eigenvalue weighted by atomic mass is 10.3. The summed E-state index contributed by atoms with van der Waals surface area (Å²) in [6, 6.07) is 5.34. The van der Waals surface area contributed by atoms with Crippen molar-refractivity contribution in [2.45, 2.75) is 13.0 Å². The molecule has 1 atom stereocenters. The molecule has 0 spiro atoms. The molecule has 0 unspecified atom stereocenters. The highest BCUT2D eigenvalue weighted by molar-refractivity contribution is 9.10. The highest BCUT2D eigenvalue weighted by Gasteiger charge is 2.14. The average molecular weight is 369 g/mol. The number of hydrogen-bond donors (Lipinski definition) is 1. The molecule has 7 heteroatoms. The number of esters is 1. The van der Waals surface area contributed by atoms with E-state index in [0.717, 1.165) is 4.88 Å². The van der Waals surface area contributed by atoms with Gasteiger partial charge in [0.05, 0.1) is 11.6 Å². The Morgan fingerprint density at radius 3 is 2.95 bits per heavy atom. The number of carbonyl (C=O) groups excluding carboxylic acids is 2. The third-order valence-electron chi connectivity index (χ3n) is 2.62. The van der Waals surface area contributed by atoms with Crippen LogP contribution in [0.5, 0.6) is 0 Å². The van der Waals surface area contributed by atoms with E-state index in [4.69, 9.17) is 4.74 Å². The van der Waals surface area contributed by atoms with Crippen LogP contribution in [0.3, 0.4) is 0 Å². The van der Waals surface area contributed by atoms with E-state index in [1.165, 1.54) is 6.20 Å². The molecule has 0 bridgehead atoms. The molecule has 0 fully saturated rings. The first kappa shape index (κ1) is 15.7. The van der Waals surface area contributed by atoms with Crippen LogP contribution in [-0.2, 0) is 9.53 Å². The van der Waals surface area contributed by atoms with Gasteiger partial charge in [0.25, 0.3) is 5.91 Å². The Labute approximate surface area is 134 Å². The van der Waals surface area contributed by atoms with Gasteiger partial charge >= 0.3 is 5.97 Å². The monoisotopic (exact) mass is 368 g/mol. The second-order valence-corrected chi connectivity index (χ2v) is 6.17. The summed E-state index contributed by atoms with van der Waals surface area (Å²) in [7, 11) is 0. The van der Waals surface area contributed by atoms with Crippen LogP contribution in [0.15, 0.2) is 40.4 Å². The Balaban J connectivity index is 1.82. The molecule has 0 saturated carbocycles. The van der Waals surface area contributed by atoms with E-state index in [-0.39, 0.29) is 18.6 Å². The summed E-state index contributed by atoms with van der Waals surface area (Å²) >= 11 is 4.78. The molecule has 21 heavy (non-hydrogen) atoms. The van der Waals surface area contributed by atoms with Gasteiger partial charge in [-0.3, -0.25) is 9.78 Å². The van der Waals surface area contributed by atoms with E-state index >= 15 is 0 Å². The van der Waals surface area contributed by atoms with Gasteiger partial charge in [-0.05, 0) is 40.4 Å². The molecule has 2 rings (SSSR count). The van der Waals surface area contributed by atoms with E-state index in [0.29, 0.717) is 10.0 Å². The molecule has 1 N–H and O–H groups in total. The van der Waals surface area contributed by atoms with Crippen molar-refractivity contribution in [3.05, 3.63) is 50.9 Å². The number of thiophene rings is 1. The van der Waals surface area contributed by atoms with Crippen LogP contribution >= 0.6 is 27.3 Å². The van der Waals surface area contributed by atoms with Crippen LogP contribution in [0.2, 0.25) is 0 Å². The van der Waals surface area contributed by atoms with Crippen LogP contribution < -0.4 is 5.32 Å². The van der Waals surface area contributed by atoms with Gasteiger partial charge in [0.2, 0.25) is 0 Å². The Morgan fingerprint density at radius 1 is 1.48 bits per heavy atom. The van der Waals surface area contributed by atoms with E-state index in [9.17, 15) is 9.59 Å². The number of nitrogens with zero attached hydrogens (tertiary/aromatic N) is 1. The van der Waals surface area contributed by atoms with Gasteiger partial charge in [0, 0.05) is 21.7 Å². The van der Waals surface area contributed by atoms with Gasteiger partial charge in [0.1, 0.15) is 0 Å². The van der Waals surface area contributed by atoms with Crippen LogP contribution in [0.25, 0.3) is 0 Å². The van der Waals surface area contributed by atoms with Crippen molar-refractivity contribution < 1.29 is 14.3 Å². The lowest BCUT2D eigenvalue weighted by Gasteiger charge is -2.12. The van der Waals surface area contributed by atoms with Gasteiger partial charge in [-0.15, -0.1) is 11.3 Å². The minimum absolute atomic E-state index is 0.108. The zero-order chi connectivity index (χ0) is 15.2. The van der Waals surface area contributed by atoms with Gasteiger partial charge in [-0.2, -0.15) is 0 Å². The number of hydrogen-bond acceptors (Lipinski definition) is 5. The topological polar surface area (TPSA) is 68.3 Å². The summed E-state index contributed by atoms with van der Waals surface area (Å²) in [6.45, 7) is 1.56. The number of pyridine rings is 1. The number of carbonyl (C=O) groups is 2. The molecule has 0 aliphatic rings. The fourth-order valence-corrected chi connectivity index (χ4v) is 2.73. The predicted octanol–water partition coefficient (Wildman–Crippen LogP) is 2.94. The fourth-order valence-electron chi connectivity index (χ4n) is 1.63. The number of amides is 1. The van der Waals surface area contributed by atoms with Crippen molar-refractivity contribution in [2.75, 3.05) is 6.61 Å². The summed E-state index contributed by atoms with van der Waals surface area (Å²) in [4.78, 5) is 28.4. The van der Waals surface area contributed by atoms with Crippen LogP contribution in [0, 0.1) is 0 Å². The fraction of sp³-hybridized carbons (Fsp3) is 0.214. The Kier molecular flexibility index (Phi) is 5.46. The first-order valence-corrected chi connectivity index (χ1v) is 7.84. The molecule has 5 nitrogen and oxygen atoms in total. The molecule has 0 aliphatic heterocycles. The quantitative estimate of drug-likeness (QED) is 0.823. The highest BCUT2D eigenvalue weighted by Crippen LogP contribution is 2.17. The van der Waals surface area contributed by atoms with E-state index in [2.05, 4.69) is 26.2 Å². The molecule has 2 aromatic heterocycles. The lowest BCUT2D eigenvalue weighted by Crippen LogP contribution is -2.30. The summed E-state index contributed by atoms with van der Waals surface area (Å²) in [5.41, 5.74) is 0.295. The van der Waals surface area contributed by atoms with E-state index < -0.39 is 5.97 Å². The smallest absolute Gasteiger partial charge is 0.340 e. The third-order valence-corrected chi connectivity index (χ3v) is 4.11. The van der Waals surface area contributed by atoms with Crippen LogP contribution in [0.1, 0.15) is 28.2 Å². The number of ether oxygens (including phenoxy) is 1. The zero-order valence-corrected chi connectivity index (χ0v) is 13.6. The minimum atomic E-state index is -0.581. The second kappa shape index (κ2) is 7.33. The molecule has 1 amide bonds. The van der Waals surface area contributed by atoms with Crippen LogP contribution in [-0.4, -0.2) is 23.5 Å². The minimum Gasteiger partial charge on any atom is -0.452 e. The van der Waals surface area contributed by atoms with Gasteiger partial charge in [-0.1, -0.05) is 6.07 Å². The summed E-state index contributed by atoms with van der Waals surface area (Å²) in [5.74, 6) is -0.921. The third kappa shape index (κ3) is 4.64. The molecule has 2 heterocycles. The highest BCUT2D eigenvalue weighted by atomic mass is 79.9. The molecule has 0 saturated heterocycles. The van der Waals surface area contributed by atoms with Gasteiger partial charge in [0.15, 0.2) is 6.61 Å². The summed E-state index contributed by atoms with van der Waals surface area (Å²) < 4.78 is 5.63. The average Bonchev–Trinajstić information content (AvgIpc) is 2.99. The van der Waals surface area contributed by atoms with E-state index in [1.54, 1.807) is 23.6 Å². The Morgan fingerprint density at radius 2 is 2.29 bits per heavy atom. The number of rotatable bonds is 5. The molecule has 2 aromatic rings. The normalized spacial score (nSPS) is 11.7. The standard InChI is InChI=1S/C14H13BrN2O3S/c1-9(12-3-2-4-21-12)17-13(18)8-20-14(19)10-5-11(15)7-16-6-10/h2-7,9H,8H2,1H3,(H,17,18)/t9-/m1/s1. The van der Waals surface area contributed by atoms with Gasteiger partial charge in [-0.25, -0.2) is 4.79 Å². The predicted molar refractivity (Wildman–Crippen MR) is 83.1 cm³/mol. The molecule has 0 aliphatic carbocycles. The maximum Gasteiger partial charge on any atom is 0.340 e. The second-order valence-electron chi connectivity index (χ2n) is 4.27. The van der Waals surface area contributed by atoms with Gasteiger partial charge < -0.3 is 10.1 Å². The Bertz CT molecular complexity index is 631. The summed E-state index contributed by atoms with van der Waals surface area (Å²) in [5, 5.41) is 4.71.